The van der Waals surface area contributed by atoms with E-state index in [4.69, 9.17) is 0 Å². The maximum atomic E-state index is 12.4. The number of halogens is 1. The number of nitrogens with zero attached hydrogens (tertiary/aromatic N) is 2. The van der Waals surface area contributed by atoms with Gasteiger partial charge in [-0.25, -0.2) is 4.99 Å². The Bertz CT molecular complexity index is 1100. The van der Waals surface area contributed by atoms with Crippen LogP contribution in [0.3, 0.4) is 0 Å². The highest BCUT2D eigenvalue weighted by molar-refractivity contribution is 9.10. The average molecular weight is 452 g/mol. The summed E-state index contributed by atoms with van der Waals surface area (Å²) in [5.41, 5.74) is 5.15. The molecule has 1 aliphatic heterocycles. The minimum atomic E-state index is -0.117. The quantitative estimate of drug-likeness (QED) is 0.515. The number of aryl methyl sites for hydroxylation is 1. The Morgan fingerprint density at radius 2 is 1.79 bits per heavy atom. The minimum Gasteiger partial charge on any atom is -0.318 e. The molecular formula is C22H18BrN3OS. The van der Waals surface area contributed by atoms with Crippen LogP contribution in [-0.4, -0.2) is 15.6 Å². The van der Waals surface area contributed by atoms with Gasteiger partial charge in [-0.3, -0.25) is 4.79 Å². The van der Waals surface area contributed by atoms with Gasteiger partial charge in [-0.05, 0) is 79.7 Å². The third-order valence-electron chi connectivity index (χ3n) is 4.48. The maximum Gasteiger partial charge on any atom is 0.264 e. The largest absolute Gasteiger partial charge is 0.318 e. The Morgan fingerprint density at radius 3 is 2.50 bits per heavy atom. The van der Waals surface area contributed by atoms with Gasteiger partial charge in [0.1, 0.15) is 0 Å². The second-order valence-corrected chi connectivity index (χ2v) is 8.40. The van der Waals surface area contributed by atoms with E-state index in [1.54, 1.807) is 0 Å². The molecule has 0 atom stereocenters. The Balaban J connectivity index is 1.64. The third kappa shape index (κ3) is 3.84. The lowest BCUT2D eigenvalue weighted by molar-refractivity contribution is -0.115. The van der Waals surface area contributed by atoms with Crippen molar-refractivity contribution in [1.82, 2.24) is 9.88 Å². The Hall–Kier alpha value is -2.57. The van der Waals surface area contributed by atoms with Crippen molar-refractivity contribution in [3.63, 3.8) is 0 Å². The monoisotopic (exact) mass is 451 g/mol. The van der Waals surface area contributed by atoms with Crippen LogP contribution in [0.25, 0.3) is 11.8 Å². The zero-order valence-electron chi connectivity index (χ0n) is 15.4. The number of amidine groups is 1. The molecule has 1 aromatic heterocycles. The van der Waals surface area contributed by atoms with Crippen LogP contribution in [-0.2, 0) is 4.79 Å². The van der Waals surface area contributed by atoms with Gasteiger partial charge in [0.05, 0.1) is 10.6 Å². The van der Waals surface area contributed by atoms with Crippen LogP contribution < -0.4 is 5.32 Å². The molecule has 4 rings (SSSR count). The summed E-state index contributed by atoms with van der Waals surface area (Å²) >= 11 is 4.84. The van der Waals surface area contributed by atoms with Gasteiger partial charge in [-0.2, -0.15) is 0 Å². The summed E-state index contributed by atoms with van der Waals surface area (Å²) in [5.74, 6) is -0.117. The van der Waals surface area contributed by atoms with E-state index >= 15 is 0 Å². The van der Waals surface area contributed by atoms with E-state index in [9.17, 15) is 4.79 Å². The summed E-state index contributed by atoms with van der Waals surface area (Å²) in [5, 5.41) is 3.45. The molecule has 2 aromatic carbocycles. The lowest BCUT2D eigenvalue weighted by Gasteiger charge is -2.09. The lowest BCUT2D eigenvalue weighted by Crippen LogP contribution is -2.19. The summed E-state index contributed by atoms with van der Waals surface area (Å²) in [6, 6.07) is 19.9. The normalized spacial score (nSPS) is 16.8. The van der Waals surface area contributed by atoms with Crippen molar-refractivity contribution in [3.8, 4) is 5.69 Å². The van der Waals surface area contributed by atoms with Gasteiger partial charge in [0, 0.05) is 21.5 Å². The number of amides is 1. The zero-order chi connectivity index (χ0) is 19.7. The first kappa shape index (κ1) is 18.8. The van der Waals surface area contributed by atoms with Crippen LogP contribution in [0.1, 0.15) is 17.0 Å². The van der Waals surface area contributed by atoms with Crippen LogP contribution in [0.5, 0.6) is 0 Å². The van der Waals surface area contributed by atoms with Gasteiger partial charge in [0.2, 0.25) is 0 Å². The predicted octanol–water partition coefficient (Wildman–Crippen LogP) is 5.75. The number of rotatable bonds is 3. The highest BCUT2D eigenvalue weighted by Crippen LogP contribution is 2.30. The van der Waals surface area contributed by atoms with Gasteiger partial charge >= 0.3 is 0 Å². The highest BCUT2D eigenvalue weighted by atomic mass is 79.9. The van der Waals surface area contributed by atoms with E-state index in [1.165, 1.54) is 11.8 Å². The van der Waals surface area contributed by atoms with Crippen molar-refractivity contribution in [2.24, 2.45) is 4.99 Å². The summed E-state index contributed by atoms with van der Waals surface area (Å²) in [6.45, 7) is 4.14. The van der Waals surface area contributed by atoms with Gasteiger partial charge < -0.3 is 9.88 Å². The molecule has 28 heavy (non-hydrogen) atoms. The molecule has 4 nitrogen and oxygen atoms in total. The maximum absolute atomic E-state index is 12.4. The summed E-state index contributed by atoms with van der Waals surface area (Å²) in [6.07, 6.45) is 1.94. The zero-order valence-corrected chi connectivity index (χ0v) is 17.8. The molecular weight excluding hydrogens is 434 g/mol. The molecule has 0 spiro atoms. The highest BCUT2D eigenvalue weighted by Gasteiger charge is 2.24. The molecule has 140 valence electrons. The van der Waals surface area contributed by atoms with Gasteiger partial charge in [0.25, 0.3) is 5.91 Å². The number of benzene rings is 2. The number of aromatic nitrogens is 1. The molecule has 6 heteroatoms. The molecule has 0 radical (unpaired) electrons. The van der Waals surface area contributed by atoms with Crippen molar-refractivity contribution in [2.45, 2.75) is 13.8 Å². The number of thioether (sulfide) groups is 1. The van der Waals surface area contributed by atoms with E-state index in [0.29, 0.717) is 10.1 Å². The van der Waals surface area contributed by atoms with Crippen LogP contribution in [0.4, 0.5) is 5.69 Å². The number of hydrogen-bond acceptors (Lipinski definition) is 3. The smallest absolute Gasteiger partial charge is 0.264 e. The van der Waals surface area contributed by atoms with E-state index in [2.05, 4.69) is 62.9 Å². The molecule has 1 fully saturated rings. The summed E-state index contributed by atoms with van der Waals surface area (Å²) in [4.78, 5) is 17.5. The third-order valence-corrected chi connectivity index (χ3v) is 5.92. The number of hydrogen-bond donors (Lipinski definition) is 1. The Labute approximate surface area is 176 Å². The van der Waals surface area contributed by atoms with Crippen molar-refractivity contribution in [2.75, 3.05) is 0 Å². The first-order valence-electron chi connectivity index (χ1n) is 8.81. The van der Waals surface area contributed by atoms with Gasteiger partial charge in [-0.15, -0.1) is 0 Å². The van der Waals surface area contributed by atoms with Gasteiger partial charge in [0.15, 0.2) is 5.17 Å². The number of nitrogens with one attached hydrogen (secondary N) is 1. The van der Waals surface area contributed by atoms with Crippen molar-refractivity contribution < 1.29 is 4.79 Å². The number of para-hydroxylation sites is 1. The second-order valence-electron chi connectivity index (χ2n) is 6.46. The SMILES string of the molecule is Cc1cc(/C=C2\SC(=Nc3ccccc3)NC2=O)c(C)n1-c1ccc(Br)cc1. The van der Waals surface area contributed by atoms with Crippen molar-refractivity contribution >= 4 is 50.5 Å². The van der Waals surface area contributed by atoms with E-state index in [-0.39, 0.29) is 5.91 Å². The fourth-order valence-corrected chi connectivity index (χ4v) is 4.26. The molecule has 1 saturated heterocycles. The minimum absolute atomic E-state index is 0.117. The molecule has 1 aliphatic rings. The Kier molecular flexibility index (Phi) is 5.24. The lowest BCUT2D eigenvalue weighted by atomic mass is 10.2. The fourth-order valence-electron chi connectivity index (χ4n) is 3.16. The van der Waals surface area contributed by atoms with Crippen molar-refractivity contribution in [3.05, 3.63) is 87.0 Å². The fraction of sp³-hybridized carbons (Fsp3) is 0.0909. The first-order chi connectivity index (χ1) is 13.5. The van der Waals surface area contributed by atoms with E-state index in [0.717, 1.165) is 32.8 Å². The Morgan fingerprint density at radius 1 is 1.07 bits per heavy atom. The molecule has 0 bridgehead atoms. The number of carbonyl (C=O) groups excluding carboxylic acids is 1. The summed E-state index contributed by atoms with van der Waals surface area (Å²) < 4.78 is 3.24. The van der Waals surface area contributed by atoms with E-state index < -0.39 is 0 Å². The number of carbonyl (C=O) groups is 1. The molecule has 1 amide bonds. The van der Waals surface area contributed by atoms with Gasteiger partial charge in [-0.1, -0.05) is 34.1 Å². The topological polar surface area (TPSA) is 46.4 Å². The second kappa shape index (κ2) is 7.81. The number of aliphatic imine (C=N–C) groups is 1. The molecule has 1 N–H and O–H groups in total. The summed E-state index contributed by atoms with van der Waals surface area (Å²) in [7, 11) is 0. The van der Waals surface area contributed by atoms with Crippen LogP contribution in [0.2, 0.25) is 0 Å². The van der Waals surface area contributed by atoms with Crippen LogP contribution in [0.15, 0.2) is 75.0 Å². The van der Waals surface area contributed by atoms with Crippen molar-refractivity contribution in [1.29, 1.82) is 0 Å². The molecule has 0 aliphatic carbocycles. The van der Waals surface area contributed by atoms with Crippen LogP contribution >= 0.6 is 27.7 Å². The van der Waals surface area contributed by atoms with Crippen LogP contribution in [0, 0.1) is 13.8 Å². The first-order valence-corrected chi connectivity index (χ1v) is 10.4. The molecule has 2 heterocycles. The standard InChI is InChI=1S/C22H18BrN3OS/c1-14-12-16(15(2)26(14)19-10-8-17(23)9-11-19)13-20-21(27)25-22(28-20)24-18-6-4-3-5-7-18/h3-13H,1-2H3,(H,24,25,27)/b20-13-. The average Bonchev–Trinajstić information content (AvgIpc) is 3.16. The van der Waals surface area contributed by atoms with E-state index in [1.807, 2.05) is 48.5 Å². The molecule has 0 unspecified atom stereocenters. The molecule has 3 aromatic rings. The molecule has 0 saturated carbocycles. The predicted molar refractivity (Wildman–Crippen MR) is 120 cm³/mol.